The standard InChI is InChI=1S/C6H6O4.C2H4O2/c1-2-10-6(9)4-3-5(7)8;1-2(3)4/h2-4H,1H2,(H,7,8);1H3,(H,3,4)/b4-3-;. The number of carbonyl (C=O) groups is 3. The molecule has 6 heteroatoms. The van der Waals surface area contributed by atoms with Crippen LogP contribution in [0, 0.1) is 0 Å². The Labute approximate surface area is 80.1 Å². The molecule has 0 saturated heterocycles. The first kappa shape index (κ1) is 14.4. The molecule has 6 nitrogen and oxygen atoms in total. The maximum atomic E-state index is 10.3. The monoisotopic (exact) mass is 202 g/mol. The SMILES string of the molecule is C=COC(=O)/C=C\C(=O)O.CC(=O)O. The van der Waals surface area contributed by atoms with Gasteiger partial charge in [0.25, 0.3) is 5.97 Å². The van der Waals surface area contributed by atoms with Gasteiger partial charge in [-0.15, -0.1) is 0 Å². The molecule has 0 radical (unpaired) electrons. The third-order valence-corrected chi connectivity index (χ3v) is 0.561. The molecule has 0 fully saturated rings. The zero-order valence-electron chi connectivity index (χ0n) is 7.47. The Morgan fingerprint density at radius 2 is 1.64 bits per heavy atom. The van der Waals surface area contributed by atoms with Gasteiger partial charge in [-0.3, -0.25) is 4.79 Å². The van der Waals surface area contributed by atoms with Crippen LogP contribution in [-0.4, -0.2) is 28.1 Å². The number of ether oxygens (including phenoxy) is 1. The molecule has 0 rings (SSSR count). The minimum atomic E-state index is -1.19. The van der Waals surface area contributed by atoms with Crippen LogP contribution in [-0.2, 0) is 19.1 Å². The second-order valence-electron chi connectivity index (χ2n) is 1.79. The molecule has 0 unspecified atom stereocenters. The van der Waals surface area contributed by atoms with Crippen LogP contribution in [0.15, 0.2) is 25.0 Å². The Morgan fingerprint density at radius 1 is 1.21 bits per heavy atom. The molecule has 0 amide bonds. The second kappa shape index (κ2) is 8.98. The highest BCUT2D eigenvalue weighted by molar-refractivity contribution is 5.90. The number of carbonyl (C=O) groups excluding carboxylic acids is 1. The van der Waals surface area contributed by atoms with Gasteiger partial charge < -0.3 is 14.9 Å². The molecular weight excluding hydrogens is 192 g/mol. The first-order valence-electron chi connectivity index (χ1n) is 3.32. The van der Waals surface area contributed by atoms with E-state index in [2.05, 4.69) is 11.3 Å². The normalized spacial score (nSPS) is 8.36. The first-order valence-corrected chi connectivity index (χ1v) is 3.32. The molecule has 0 aromatic rings. The summed E-state index contributed by atoms with van der Waals surface area (Å²) in [6.07, 6.45) is 2.41. The summed E-state index contributed by atoms with van der Waals surface area (Å²) in [4.78, 5) is 29.1. The van der Waals surface area contributed by atoms with E-state index in [1.165, 1.54) is 0 Å². The average molecular weight is 202 g/mol. The van der Waals surface area contributed by atoms with E-state index in [9.17, 15) is 9.59 Å². The predicted octanol–water partition coefficient (Wildman–Crippen LogP) is 0.405. The van der Waals surface area contributed by atoms with Gasteiger partial charge in [-0.2, -0.15) is 0 Å². The fourth-order valence-electron chi connectivity index (χ4n) is 0.261. The summed E-state index contributed by atoms with van der Waals surface area (Å²) in [5, 5.41) is 15.4. The lowest BCUT2D eigenvalue weighted by atomic mass is 10.5. The molecule has 0 aliphatic rings. The van der Waals surface area contributed by atoms with Gasteiger partial charge in [-0.1, -0.05) is 6.58 Å². The quantitative estimate of drug-likeness (QED) is 0.390. The van der Waals surface area contributed by atoms with Crippen molar-refractivity contribution in [3.63, 3.8) is 0 Å². The molecular formula is C8H10O6. The van der Waals surface area contributed by atoms with Crippen molar-refractivity contribution in [3.8, 4) is 0 Å². The highest BCUT2D eigenvalue weighted by Crippen LogP contribution is 1.80. The zero-order valence-corrected chi connectivity index (χ0v) is 7.47. The summed E-state index contributed by atoms with van der Waals surface area (Å²) >= 11 is 0. The van der Waals surface area contributed by atoms with E-state index in [4.69, 9.17) is 15.0 Å². The predicted molar refractivity (Wildman–Crippen MR) is 46.4 cm³/mol. The van der Waals surface area contributed by atoms with Crippen molar-refractivity contribution in [2.24, 2.45) is 0 Å². The molecule has 78 valence electrons. The van der Waals surface area contributed by atoms with Crippen LogP contribution in [0.5, 0.6) is 0 Å². The minimum absolute atomic E-state index is 0.686. The molecule has 0 atom stereocenters. The maximum Gasteiger partial charge on any atom is 0.335 e. The van der Waals surface area contributed by atoms with Crippen molar-refractivity contribution < 1.29 is 29.3 Å². The Bertz CT molecular complexity index is 249. The third kappa shape index (κ3) is 22.5. The lowest BCUT2D eigenvalue weighted by molar-refractivity contribution is -0.134. The average Bonchev–Trinajstić information content (AvgIpc) is 2.00. The lowest BCUT2D eigenvalue weighted by Crippen LogP contribution is -1.95. The zero-order chi connectivity index (χ0) is 11.6. The number of carboxylic acids is 2. The summed E-state index contributed by atoms with van der Waals surface area (Å²) in [7, 11) is 0. The number of esters is 1. The van der Waals surface area contributed by atoms with Gasteiger partial charge in [0.05, 0.1) is 6.26 Å². The van der Waals surface area contributed by atoms with Gasteiger partial charge in [0.15, 0.2) is 0 Å². The third-order valence-electron chi connectivity index (χ3n) is 0.561. The van der Waals surface area contributed by atoms with E-state index in [-0.39, 0.29) is 0 Å². The molecule has 0 spiro atoms. The summed E-state index contributed by atoms with van der Waals surface area (Å²) in [5.41, 5.74) is 0. The lowest BCUT2D eigenvalue weighted by Gasteiger charge is -1.87. The van der Waals surface area contributed by atoms with Crippen LogP contribution >= 0.6 is 0 Å². The Hall–Kier alpha value is -2.11. The van der Waals surface area contributed by atoms with E-state index >= 15 is 0 Å². The van der Waals surface area contributed by atoms with Crippen LogP contribution in [0.2, 0.25) is 0 Å². The van der Waals surface area contributed by atoms with E-state index < -0.39 is 17.9 Å². The van der Waals surface area contributed by atoms with Crippen molar-refractivity contribution in [3.05, 3.63) is 25.0 Å². The van der Waals surface area contributed by atoms with Gasteiger partial charge in [0, 0.05) is 19.1 Å². The van der Waals surface area contributed by atoms with Crippen molar-refractivity contribution in [1.82, 2.24) is 0 Å². The summed E-state index contributed by atoms with van der Waals surface area (Å²) in [6.45, 7) is 4.19. The minimum Gasteiger partial charge on any atom is -0.481 e. The molecule has 2 N–H and O–H groups in total. The number of aliphatic carboxylic acids is 2. The number of hydrogen-bond acceptors (Lipinski definition) is 4. The van der Waals surface area contributed by atoms with Crippen LogP contribution < -0.4 is 0 Å². The van der Waals surface area contributed by atoms with E-state index in [0.717, 1.165) is 19.3 Å². The number of rotatable bonds is 3. The van der Waals surface area contributed by atoms with Gasteiger partial charge in [0.2, 0.25) is 0 Å². The topological polar surface area (TPSA) is 101 Å². The molecule has 14 heavy (non-hydrogen) atoms. The van der Waals surface area contributed by atoms with E-state index in [0.29, 0.717) is 6.08 Å². The Morgan fingerprint density at radius 3 is 1.93 bits per heavy atom. The smallest absolute Gasteiger partial charge is 0.335 e. The van der Waals surface area contributed by atoms with Crippen molar-refractivity contribution in [2.75, 3.05) is 0 Å². The first-order chi connectivity index (χ1) is 6.40. The van der Waals surface area contributed by atoms with Crippen LogP contribution in [0.25, 0.3) is 0 Å². The van der Waals surface area contributed by atoms with Crippen molar-refractivity contribution >= 4 is 17.9 Å². The van der Waals surface area contributed by atoms with Crippen LogP contribution in [0.1, 0.15) is 6.92 Å². The number of hydrogen-bond donors (Lipinski definition) is 2. The van der Waals surface area contributed by atoms with Crippen molar-refractivity contribution in [1.29, 1.82) is 0 Å². The van der Waals surface area contributed by atoms with E-state index in [1.54, 1.807) is 0 Å². The van der Waals surface area contributed by atoms with Gasteiger partial charge in [-0.05, 0) is 0 Å². The summed E-state index contributed by atoms with van der Waals surface area (Å²) < 4.78 is 4.17. The summed E-state index contributed by atoms with van der Waals surface area (Å²) in [5.74, 6) is -2.78. The molecule has 0 aromatic carbocycles. The van der Waals surface area contributed by atoms with Crippen LogP contribution in [0.3, 0.4) is 0 Å². The van der Waals surface area contributed by atoms with Crippen molar-refractivity contribution in [2.45, 2.75) is 6.92 Å². The largest absolute Gasteiger partial charge is 0.481 e. The summed E-state index contributed by atoms with van der Waals surface area (Å²) in [6, 6.07) is 0. The molecule has 0 aromatic heterocycles. The van der Waals surface area contributed by atoms with Crippen LogP contribution in [0.4, 0.5) is 0 Å². The second-order valence-corrected chi connectivity index (χ2v) is 1.79. The fourth-order valence-corrected chi connectivity index (χ4v) is 0.261. The van der Waals surface area contributed by atoms with Gasteiger partial charge >= 0.3 is 11.9 Å². The molecule has 0 aliphatic carbocycles. The molecule has 0 saturated carbocycles. The molecule has 0 bridgehead atoms. The highest BCUT2D eigenvalue weighted by atomic mass is 16.5. The molecule has 0 heterocycles. The molecule has 0 aliphatic heterocycles. The van der Waals surface area contributed by atoms with Gasteiger partial charge in [0.1, 0.15) is 0 Å². The van der Waals surface area contributed by atoms with E-state index in [1.807, 2.05) is 0 Å². The Kier molecular flexibility index (Phi) is 9.25. The maximum absolute atomic E-state index is 10.3. The Balaban J connectivity index is 0. The van der Waals surface area contributed by atoms with Gasteiger partial charge in [-0.25, -0.2) is 9.59 Å². The highest BCUT2D eigenvalue weighted by Gasteiger charge is 1.93. The number of carboxylic acid groups (broad SMARTS) is 2. The fraction of sp³-hybridized carbons (Fsp3) is 0.125.